The lowest BCUT2D eigenvalue weighted by atomic mass is 9.99. The summed E-state index contributed by atoms with van der Waals surface area (Å²) in [5.41, 5.74) is 3.29. The maximum atomic E-state index is 13.8. The summed E-state index contributed by atoms with van der Waals surface area (Å²) in [4.78, 5) is 30.3. The van der Waals surface area contributed by atoms with Crippen molar-refractivity contribution in [1.82, 2.24) is 9.80 Å². The number of likely N-dealkylation sites (N-methyl/N-ethyl adjacent to an activating group) is 1. The molecule has 0 aliphatic carbocycles. The number of nitrogens with one attached hydrogen (secondary N) is 2. The second-order valence-corrected chi connectivity index (χ2v) is 12.2. The fourth-order valence-electron chi connectivity index (χ4n) is 5.67. The molecule has 3 atom stereocenters. The highest BCUT2D eigenvalue weighted by molar-refractivity contribution is 6.02. The number of rotatable bonds is 9. The average Bonchev–Trinajstić information content (AvgIpc) is 3.06. The summed E-state index contributed by atoms with van der Waals surface area (Å²) in [6.45, 7) is 5.14. The fraction of sp³-hybridized carbons (Fsp3) is 0.297. The van der Waals surface area contributed by atoms with Gasteiger partial charge in [0.05, 0.1) is 23.8 Å². The summed E-state index contributed by atoms with van der Waals surface area (Å²) in [5, 5.41) is 15.1. The molecule has 3 amide bonds. The van der Waals surface area contributed by atoms with Crippen LogP contribution in [0.15, 0.2) is 97.1 Å². The maximum absolute atomic E-state index is 13.8. The predicted molar refractivity (Wildman–Crippen MR) is 180 cm³/mol. The van der Waals surface area contributed by atoms with Gasteiger partial charge in [0.25, 0.3) is 5.91 Å². The van der Waals surface area contributed by atoms with E-state index in [-0.39, 0.29) is 41.5 Å². The number of amides is 3. The number of aliphatic hydroxyl groups excluding tert-OH is 1. The topological polar surface area (TPSA) is 94.1 Å². The molecule has 0 saturated carbocycles. The minimum Gasteiger partial charge on any atom is -0.488 e. The number of anilines is 2. The van der Waals surface area contributed by atoms with Crippen LogP contribution in [-0.2, 0) is 12.7 Å². The first kappa shape index (κ1) is 34.5. The Morgan fingerprint density at radius 3 is 2.23 bits per heavy atom. The van der Waals surface area contributed by atoms with Crippen molar-refractivity contribution in [3.8, 4) is 16.9 Å². The molecule has 48 heavy (non-hydrogen) atoms. The first-order chi connectivity index (χ1) is 22.9. The molecule has 0 saturated heterocycles. The molecule has 0 fully saturated rings. The van der Waals surface area contributed by atoms with Crippen LogP contribution in [0.4, 0.5) is 29.3 Å². The summed E-state index contributed by atoms with van der Waals surface area (Å²) in [6, 6.07) is 26.3. The van der Waals surface area contributed by atoms with Crippen LogP contribution in [0.5, 0.6) is 5.75 Å². The van der Waals surface area contributed by atoms with E-state index in [0.29, 0.717) is 25.4 Å². The number of fused-ring (bicyclic) bond motifs is 1. The molecule has 4 aromatic carbocycles. The molecule has 252 valence electrons. The molecular weight excluding hydrogens is 621 g/mol. The highest BCUT2D eigenvalue weighted by atomic mass is 19.4. The van der Waals surface area contributed by atoms with Crippen molar-refractivity contribution in [3.05, 3.63) is 114 Å². The number of aliphatic hydroxyl groups is 1. The van der Waals surface area contributed by atoms with Gasteiger partial charge in [0.2, 0.25) is 0 Å². The largest absolute Gasteiger partial charge is 0.488 e. The van der Waals surface area contributed by atoms with Gasteiger partial charge in [-0.25, -0.2) is 4.79 Å². The standard InChI is InChI=1S/C37H39F3N4O4/c1-24-20-44(25(2)23-45)35(46)32-19-31(42-36(47)41-30-15-13-29(14-16-30)37(38,39)40)17-18-33(32)48-34(24)22-43(3)21-26-9-11-28(12-10-26)27-7-5-4-6-8-27/h4-19,24-25,34,45H,20-23H2,1-3H3,(H2,41,42,47)/t24-,25+,34+/m1/s1. The number of ether oxygens (including phenoxy) is 1. The molecule has 0 radical (unpaired) electrons. The van der Waals surface area contributed by atoms with E-state index in [2.05, 4.69) is 51.9 Å². The van der Waals surface area contributed by atoms with E-state index in [9.17, 15) is 27.9 Å². The lowest BCUT2D eigenvalue weighted by Crippen LogP contribution is -2.49. The fourth-order valence-corrected chi connectivity index (χ4v) is 5.67. The van der Waals surface area contributed by atoms with E-state index < -0.39 is 23.8 Å². The summed E-state index contributed by atoms with van der Waals surface area (Å²) >= 11 is 0. The van der Waals surface area contributed by atoms with Gasteiger partial charge in [-0.1, -0.05) is 61.5 Å². The van der Waals surface area contributed by atoms with Crippen LogP contribution in [0, 0.1) is 5.92 Å². The Morgan fingerprint density at radius 2 is 1.58 bits per heavy atom. The highest BCUT2D eigenvalue weighted by Gasteiger charge is 2.34. The van der Waals surface area contributed by atoms with Crippen molar-refractivity contribution in [1.29, 1.82) is 0 Å². The Labute approximate surface area is 278 Å². The lowest BCUT2D eigenvalue weighted by Gasteiger charge is -2.38. The van der Waals surface area contributed by atoms with Gasteiger partial charge in [-0.2, -0.15) is 13.2 Å². The van der Waals surface area contributed by atoms with Crippen molar-refractivity contribution >= 4 is 23.3 Å². The smallest absolute Gasteiger partial charge is 0.416 e. The van der Waals surface area contributed by atoms with E-state index in [4.69, 9.17) is 4.74 Å². The Bertz CT molecular complexity index is 1700. The third kappa shape index (κ3) is 8.53. The van der Waals surface area contributed by atoms with Gasteiger partial charge < -0.3 is 25.4 Å². The molecule has 0 aromatic heterocycles. The molecule has 0 unspecified atom stereocenters. The Kier molecular flexibility index (Phi) is 10.7. The minimum absolute atomic E-state index is 0.0775. The summed E-state index contributed by atoms with van der Waals surface area (Å²) in [5.74, 6) is -0.0807. The number of hydrogen-bond donors (Lipinski definition) is 3. The Balaban J connectivity index is 1.30. The zero-order valence-corrected chi connectivity index (χ0v) is 27.0. The molecular formula is C37H39F3N4O4. The minimum atomic E-state index is -4.49. The second kappa shape index (κ2) is 14.9. The summed E-state index contributed by atoms with van der Waals surface area (Å²) < 4.78 is 45.2. The van der Waals surface area contributed by atoms with Gasteiger partial charge in [-0.3, -0.25) is 9.69 Å². The SMILES string of the molecule is C[C@@H]1CN([C@@H](C)CO)C(=O)c2cc(NC(=O)Nc3ccc(C(F)(F)F)cc3)ccc2O[C@H]1CN(C)Cc1ccc(-c2ccccc2)cc1. The van der Waals surface area contributed by atoms with Crippen LogP contribution in [0.2, 0.25) is 0 Å². The van der Waals surface area contributed by atoms with Crippen LogP contribution in [-0.4, -0.2) is 65.7 Å². The van der Waals surface area contributed by atoms with Crippen LogP contribution in [0.3, 0.4) is 0 Å². The monoisotopic (exact) mass is 660 g/mol. The third-order valence-electron chi connectivity index (χ3n) is 8.40. The quantitative estimate of drug-likeness (QED) is 0.174. The molecule has 0 spiro atoms. The lowest BCUT2D eigenvalue weighted by molar-refractivity contribution is -0.137. The van der Waals surface area contributed by atoms with Crippen molar-refractivity contribution in [2.24, 2.45) is 5.92 Å². The number of hydrogen-bond acceptors (Lipinski definition) is 5. The molecule has 4 aromatic rings. The number of carbonyl (C=O) groups excluding carboxylic acids is 2. The van der Waals surface area contributed by atoms with Gasteiger partial charge >= 0.3 is 12.2 Å². The van der Waals surface area contributed by atoms with Gasteiger partial charge in [0.15, 0.2) is 0 Å². The molecule has 5 rings (SSSR count). The van der Waals surface area contributed by atoms with Gasteiger partial charge in [-0.15, -0.1) is 0 Å². The molecule has 1 heterocycles. The molecule has 8 nitrogen and oxygen atoms in total. The predicted octanol–water partition coefficient (Wildman–Crippen LogP) is 7.37. The molecule has 0 bridgehead atoms. The number of nitrogens with zero attached hydrogens (tertiary/aromatic N) is 2. The number of carbonyl (C=O) groups is 2. The molecule has 11 heteroatoms. The zero-order valence-electron chi connectivity index (χ0n) is 27.0. The van der Waals surface area contributed by atoms with Gasteiger partial charge in [0, 0.05) is 36.9 Å². The second-order valence-electron chi connectivity index (χ2n) is 12.2. The van der Waals surface area contributed by atoms with Crippen LogP contribution >= 0.6 is 0 Å². The first-order valence-corrected chi connectivity index (χ1v) is 15.7. The summed E-state index contributed by atoms with van der Waals surface area (Å²) in [7, 11) is 2.02. The zero-order chi connectivity index (χ0) is 34.4. The Morgan fingerprint density at radius 1 is 0.958 bits per heavy atom. The third-order valence-corrected chi connectivity index (χ3v) is 8.40. The van der Waals surface area contributed by atoms with Crippen molar-refractivity contribution in [2.45, 2.75) is 38.7 Å². The van der Waals surface area contributed by atoms with E-state index in [0.717, 1.165) is 41.0 Å². The Hall–Kier alpha value is -4.87. The maximum Gasteiger partial charge on any atom is 0.416 e. The normalized spacial score (nSPS) is 17.2. The van der Waals surface area contributed by atoms with Crippen LogP contribution < -0.4 is 15.4 Å². The number of benzene rings is 4. The highest BCUT2D eigenvalue weighted by Crippen LogP contribution is 2.32. The average molecular weight is 661 g/mol. The first-order valence-electron chi connectivity index (χ1n) is 15.7. The van der Waals surface area contributed by atoms with Crippen molar-refractivity contribution < 1.29 is 32.6 Å². The molecule has 1 aliphatic heterocycles. The molecule has 3 N–H and O–H groups in total. The number of halogens is 3. The van der Waals surface area contributed by atoms with E-state index in [1.165, 1.54) is 6.07 Å². The molecule has 1 aliphatic rings. The number of alkyl halides is 3. The summed E-state index contributed by atoms with van der Waals surface area (Å²) in [6.07, 6.45) is -4.79. The van der Waals surface area contributed by atoms with Crippen LogP contribution in [0.1, 0.15) is 35.3 Å². The van der Waals surface area contributed by atoms with E-state index in [1.54, 1.807) is 24.0 Å². The van der Waals surface area contributed by atoms with Crippen molar-refractivity contribution in [2.75, 3.05) is 37.4 Å². The van der Waals surface area contributed by atoms with Gasteiger partial charge in [0.1, 0.15) is 11.9 Å². The van der Waals surface area contributed by atoms with Crippen LogP contribution in [0.25, 0.3) is 11.1 Å². The van der Waals surface area contributed by atoms with Crippen molar-refractivity contribution in [3.63, 3.8) is 0 Å². The number of urea groups is 1. The van der Waals surface area contributed by atoms with E-state index in [1.807, 2.05) is 32.2 Å². The van der Waals surface area contributed by atoms with E-state index >= 15 is 0 Å². The van der Waals surface area contributed by atoms with Gasteiger partial charge in [-0.05, 0) is 73.1 Å².